The monoisotopic (exact) mass is 304 g/mol. The van der Waals surface area contributed by atoms with Crippen molar-refractivity contribution >= 4 is 16.7 Å². The van der Waals surface area contributed by atoms with Crippen LogP contribution >= 0.6 is 0 Å². The van der Waals surface area contributed by atoms with E-state index < -0.39 is 0 Å². The first-order valence-corrected chi connectivity index (χ1v) is 7.66. The average Bonchev–Trinajstić information content (AvgIpc) is 2.53. The summed E-state index contributed by atoms with van der Waals surface area (Å²) in [6, 6.07) is 16.2. The van der Waals surface area contributed by atoms with Crippen LogP contribution < -0.4 is 0 Å². The van der Waals surface area contributed by atoms with Crippen molar-refractivity contribution in [3.05, 3.63) is 65.4 Å². The molecular formula is C20H20N2O. The summed E-state index contributed by atoms with van der Waals surface area (Å²) >= 11 is 0. The van der Waals surface area contributed by atoms with Gasteiger partial charge >= 0.3 is 0 Å². The predicted molar refractivity (Wildman–Crippen MR) is 94.7 cm³/mol. The van der Waals surface area contributed by atoms with Gasteiger partial charge in [0.15, 0.2) is 0 Å². The molecule has 0 unspecified atom stereocenters. The van der Waals surface area contributed by atoms with Crippen LogP contribution in [0.3, 0.4) is 0 Å². The van der Waals surface area contributed by atoms with E-state index >= 15 is 0 Å². The maximum Gasteiger partial charge on any atom is 0.271 e. The lowest BCUT2D eigenvalue weighted by molar-refractivity contribution is 0.0822. The van der Waals surface area contributed by atoms with E-state index in [-0.39, 0.29) is 5.91 Å². The fourth-order valence-electron chi connectivity index (χ4n) is 2.82. The summed E-state index contributed by atoms with van der Waals surface area (Å²) in [6.07, 6.45) is 0. The second-order valence-corrected chi connectivity index (χ2v) is 6.10. The zero-order chi connectivity index (χ0) is 16.6. The summed E-state index contributed by atoms with van der Waals surface area (Å²) in [5.41, 5.74) is 4.79. The zero-order valence-electron chi connectivity index (χ0n) is 13.9. The van der Waals surface area contributed by atoms with Crippen LogP contribution in [0.2, 0.25) is 0 Å². The van der Waals surface area contributed by atoms with Crippen LogP contribution in [-0.2, 0) is 0 Å². The molecular weight excluding hydrogens is 284 g/mol. The molecule has 3 nitrogen and oxygen atoms in total. The van der Waals surface area contributed by atoms with E-state index in [2.05, 4.69) is 38.1 Å². The van der Waals surface area contributed by atoms with Gasteiger partial charge in [-0.2, -0.15) is 0 Å². The Morgan fingerprint density at radius 3 is 2.43 bits per heavy atom. The lowest BCUT2D eigenvalue weighted by Crippen LogP contribution is -2.23. The first kappa shape index (κ1) is 15.2. The Kier molecular flexibility index (Phi) is 3.87. The van der Waals surface area contributed by atoms with Crippen molar-refractivity contribution in [2.24, 2.45) is 0 Å². The maximum absolute atomic E-state index is 12.4. The predicted octanol–water partition coefficient (Wildman–Crippen LogP) is 4.22. The standard InChI is InChI=1S/C20H20N2O/c1-13-9-10-16(14(2)11-13)19-17-8-6-5-7-15(17)12-18(21-19)20(23)22(3)4/h5-12H,1-4H3. The summed E-state index contributed by atoms with van der Waals surface area (Å²) < 4.78 is 0. The molecule has 2 aromatic carbocycles. The average molecular weight is 304 g/mol. The number of hydrogen-bond donors (Lipinski definition) is 0. The Labute approximate surface area is 136 Å². The van der Waals surface area contributed by atoms with Gasteiger partial charge in [-0.3, -0.25) is 4.79 Å². The van der Waals surface area contributed by atoms with Crippen LogP contribution in [0.25, 0.3) is 22.0 Å². The van der Waals surface area contributed by atoms with Crippen LogP contribution in [-0.4, -0.2) is 29.9 Å². The molecule has 3 rings (SSSR count). The molecule has 3 heteroatoms. The molecule has 0 atom stereocenters. The molecule has 0 aliphatic heterocycles. The topological polar surface area (TPSA) is 33.2 Å². The molecule has 0 spiro atoms. The molecule has 1 aromatic heterocycles. The summed E-state index contributed by atoms with van der Waals surface area (Å²) in [4.78, 5) is 18.6. The van der Waals surface area contributed by atoms with Gasteiger partial charge in [-0.25, -0.2) is 4.98 Å². The number of hydrogen-bond acceptors (Lipinski definition) is 2. The van der Waals surface area contributed by atoms with Crippen molar-refractivity contribution in [2.75, 3.05) is 14.1 Å². The van der Waals surface area contributed by atoms with Gasteiger partial charge in [0.05, 0.1) is 5.69 Å². The molecule has 0 aliphatic carbocycles. The second-order valence-electron chi connectivity index (χ2n) is 6.10. The molecule has 0 saturated carbocycles. The fourth-order valence-corrected chi connectivity index (χ4v) is 2.82. The molecule has 0 N–H and O–H groups in total. The van der Waals surface area contributed by atoms with Crippen LogP contribution in [0.1, 0.15) is 21.6 Å². The van der Waals surface area contributed by atoms with Crippen LogP contribution in [0.4, 0.5) is 0 Å². The third-order valence-electron chi connectivity index (χ3n) is 4.00. The van der Waals surface area contributed by atoms with E-state index in [1.54, 1.807) is 19.0 Å². The van der Waals surface area contributed by atoms with E-state index in [1.165, 1.54) is 5.56 Å². The number of nitrogens with zero attached hydrogens (tertiary/aromatic N) is 2. The number of fused-ring (bicyclic) bond motifs is 1. The highest BCUT2D eigenvalue weighted by Gasteiger charge is 2.15. The third-order valence-corrected chi connectivity index (χ3v) is 4.00. The van der Waals surface area contributed by atoms with E-state index in [4.69, 9.17) is 4.98 Å². The number of aryl methyl sites for hydroxylation is 2. The summed E-state index contributed by atoms with van der Waals surface area (Å²) in [5.74, 6) is -0.0817. The number of carbonyl (C=O) groups is 1. The van der Waals surface area contributed by atoms with Gasteiger partial charge in [0.25, 0.3) is 5.91 Å². The summed E-state index contributed by atoms with van der Waals surface area (Å²) in [6.45, 7) is 4.16. The highest BCUT2D eigenvalue weighted by molar-refractivity contribution is 6.01. The minimum atomic E-state index is -0.0817. The van der Waals surface area contributed by atoms with E-state index in [9.17, 15) is 4.79 Å². The van der Waals surface area contributed by atoms with Gasteiger partial charge < -0.3 is 4.90 Å². The van der Waals surface area contributed by atoms with E-state index in [0.717, 1.165) is 27.6 Å². The first-order chi connectivity index (χ1) is 11.0. The SMILES string of the molecule is Cc1ccc(-c2nc(C(=O)N(C)C)cc3ccccc23)c(C)c1. The van der Waals surface area contributed by atoms with Crippen LogP contribution in [0, 0.1) is 13.8 Å². The normalized spacial score (nSPS) is 10.8. The van der Waals surface area contributed by atoms with Crippen molar-refractivity contribution < 1.29 is 4.79 Å². The molecule has 0 bridgehead atoms. The summed E-state index contributed by atoms with van der Waals surface area (Å²) in [7, 11) is 3.49. The van der Waals surface area contributed by atoms with E-state index in [1.807, 2.05) is 24.3 Å². The summed E-state index contributed by atoms with van der Waals surface area (Å²) in [5, 5.41) is 2.09. The molecule has 23 heavy (non-hydrogen) atoms. The molecule has 0 fully saturated rings. The Morgan fingerprint density at radius 2 is 1.74 bits per heavy atom. The molecule has 0 radical (unpaired) electrons. The molecule has 3 aromatic rings. The molecule has 116 valence electrons. The minimum Gasteiger partial charge on any atom is -0.343 e. The van der Waals surface area contributed by atoms with Gasteiger partial charge in [-0.1, -0.05) is 48.0 Å². The molecule has 1 amide bonds. The van der Waals surface area contributed by atoms with Crippen molar-refractivity contribution in [3.63, 3.8) is 0 Å². The highest BCUT2D eigenvalue weighted by atomic mass is 16.2. The number of aromatic nitrogens is 1. The Balaban J connectivity index is 2.31. The maximum atomic E-state index is 12.4. The van der Waals surface area contributed by atoms with Crippen LogP contribution in [0.5, 0.6) is 0 Å². The molecule has 0 saturated heterocycles. The number of benzene rings is 2. The number of pyridine rings is 1. The van der Waals surface area contributed by atoms with E-state index in [0.29, 0.717) is 5.69 Å². The van der Waals surface area contributed by atoms with Gasteiger partial charge in [0, 0.05) is 25.0 Å². The molecule has 0 aliphatic rings. The minimum absolute atomic E-state index is 0.0817. The van der Waals surface area contributed by atoms with Crippen molar-refractivity contribution in [3.8, 4) is 11.3 Å². The first-order valence-electron chi connectivity index (χ1n) is 7.66. The second kappa shape index (κ2) is 5.84. The van der Waals surface area contributed by atoms with Crippen molar-refractivity contribution in [1.82, 2.24) is 9.88 Å². The smallest absolute Gasteiger partial charge is 0.271 e. The zero-order valence-corrected chi connectivity index (χ0v) is 13.9. The van der Waals surface area contributed by atoms with Gasteiger partial charge in [0.2, 0.25) is 0 Å². The van der Waals surface area contributed by atoms with Crippen molar-refractivity contribution in [1.29, 1.82) is 0 Å². The Morgan fingerprint density at radius 1 is 1.00 bits per heavy atom. The number of carbonyl (C=O) groups excluding carboxylic acids is 1. The Bertz CT molecular complexity index is 897. The van der Waals surface area contributed by atoms with Gasteiger partial charge in [-0.15, -0.1) is 0 Å². The lowest BCUT2D eigenvalue weighted by atomic mass is 9.98. The largest absolute Gasteiger partial charge is 0.343 e. The Hall–Kier alpha value is -2.68. The van der Waals surface area contributed by atoms with Gasteiger partial charge in [-0.05, 0) is 30.9 Å². The fraction of sp³-hybridized carbons (Fsp3) is 0.200. The lowest BCUT2D eigenvalue weighted by Gasteiger charge is -2.14. The quantitative estimate of drug-likeness (QED) is 0.710. The van der Waals surface area contributed by atoms with Crippen molar-refractivity contribution in [2.45, 2.75) is 13.8 Å². The third kappa shape index (κ3) is 2.82. The number of rotatable bonds is 2. The number of amides is 1. The molecule has 1 heterocycles. The highest BCUT2D eigenvalue weighted by Crippen LogP contribution is 2.30. The van der Waals surface area contributed by atoms with Crippen LogP contribution in [0.15, 0.2) is 48.5 Å². The van der Waals surface area contributed by atoms with Gasteiger partial charge in [0.1, 0.15) is 5.69 Å².